The summed E-state index contributed by atoms with van der Waals surface area (Å²) in [6.45, 7) is 0. The first kappa shape index (κ1) is 9.22. The predicted molar refractivity (Wildman–Crippen MR) is 14.8 cm³/mol. The van der Waals surface area contributed by atoms with Crippen molar-refractivity contribution in [2.24, 2.45) is 0 Å². The third kappa shape index (κ3) is 434. The minimum Gasteiger partial charge on any atom is -0.347 e. The Morgan fingerprint density at radius 3 is 1.00 bits per heavy atom. The zero-order valence-electron chi connectivity index (χ0n) is 2.96. The van der Waals surface area contributed by atoms with Gasteiger partial charge in [0.2, 0.25) is 0 Å². The molecule has 1 nitrogen and oxygen atoms in total. The molecule has 0 saturated carbocycles. The summed E-state index contributed by atoms with van der Waals surface area (Å²) in [5, 5.41) is 0. The summed E-state index contributed by atoms with van der Waals surface area (Å²) in [4.78, 5) is 0. The van der Waals surface area contributed by atoms with Crippen LogP contribution in [0.5, 0.6) is 0 Å². The highest BCUT2D eigenvalue weighted by Gasteiger charge is 1.80. The summed E-state index contributed by atoms with van der Waals surface area (Å²) in [6.07, 6.45) is 0. The van der Waals surface area contributed by atoms with Gasteiger partial charge in [-0.3, -0.25) is 0 Å². The largest absolute Gasteiger partial charge is 0.347 e. The molecule has 0 heterocycles. The molecule has 0 aliphatic carbocycles. The molecule has 0 radical (unpaired) electrons. The second-order valence-electron chi connectivity index (χ2n) is 0.192. The lowest BCUT2D eigenvalue weighted by molar-refractivity contribution is -0.295. The molecule has 0 spiro atoms. The van der Waals surface area contributed by atoms with Crippen LogP contribution in [0, 0.1) is 0 Å². The quantitative estimate of drug-likeness (QED) is 0.244. The molecular weight excluding hydrogens is 101 g/mol. The zero-order chi connectivity index (χ0) is 5.58. The molecule has 0 unspecified atom stereocenters. The van der Waals surface area contributed by atoms with Crippen LogP contribution in [-0.2, 0) is 0 Å². The molecule has 0 amide bonds. The van der Waals surface area contributed by atoms with E-state index in [1.165, 1.54) is 0 Å². The fourth-order valence-electron chi connectivity index (χ4n) is 0. The molecule has 0 N–H and O–H groups in total. The summed E-state index contributed by atoms with van der Waals surface area (Å²) >= 11 is 0. The van der Waals surface area contributed by atoms with Gasteiger partial charge in [-0.1, -0.05) is 13.4 Å². The summed E-state index contributed by atoms with van der Waals surface area (Å²) in [6, 6.07) is 0. The fourth-order valence-corrected chi connectivity index (χ4v) is 0. The van der Waals surface area contributed by atoms with Gasteiger partial charge in [-0.05, 0) is 0 Å². The topological polar surface area (TPSA) is 3.24 Å². The van der Waals surface area contributed by atoms with Gasteiger partial charge < -0.3 is 4.32 Å². The third-order valence-corrected chi connectivity index (χ3v) is 0. The van der Waals surface area contributed by atoms with Crippen molar-refractivity contribution in [3.8, 4) is 0 Å². The van der Waals surface area contributed by atoms with Gasteiger partial charge in [-0.25, -0.2) is 0 Å². The molecule has 6 heteroatoms. The highest BCUT2D eigenvalue weighted by Crippen LogP contribution is 1.82. The minimum atomic E-state index is -2.50. The van der Waals surface area contributed by atoms with Crippen LogP contribution in [0.15, 0.2) is 0 Å². The second kappa shape index (κ2) is 8.83. The molecule has 0 aliphatic rings. The number of rotatable bonds is 0. The van der Waals surface area contributed by atoms with Gasteiger partial charge in [0.25, 0.3) is 0 Å². The molecule has 0 atom stereocenters. The molecule has 0 aromatic rings. The Hall–Kier alpha value is -0.255. The molecule has 0 rings (SSSR count). The number of hydrogen-bond acceptors (Lipinski definition) is 1. The first-order valence-corrected chi connectivity index (χ1v) is 0.885. The Bertz CT molecular complexity index is 12.3. The van der Waals surface area contributed by atoms with E-state index in [1.807, 2.05) is 0 Å². The Morgan fingerprint density at radius 2 is 1.00 bits per heavy atom. The van der Waals surface area contributed by atoms with E-state index in [-0.39, 0.29) is 0 Å². The van der Waals surface area contributed by atoms with Crippen molar-refractivity contribution in [2.75, 3.05) is 0 Å². The lowest BCUT2D eigenvalue weighted by Gasteiger charge is -1.67. The lowest BCUT2D eigenvalue weighted by atomic mass is 10.7. The van der Waals surface area contributed by atoms with Crippen molar-refractivity contribution in [3.63, 3.8) is 0 Å². The van der Waals surface area contributed by atoms with Crippen LogP contribution in [0.3, 0.4) is 0 Å². The van der Waals surface area contributed by atoms with Crippen LogP contribution >= 0.6 is 0 Å². The fraction of sp³-hybridized carbons (Fsp3) is 0. The van der Waals surface area contributed by atoms with E-state index in [0.717, 1.165) is 0 Å². The molecule has 0 bridgehead atoms. The lowest BCUT2D eigenvalue weighted by Crippen LogP contribution is -1.72. The van der Waals surface area contributed by atoms with Crippen molar-refractivity contribution in [1.82, 2.24) is 5.57 Å². The van der Waals surface area contributed by atoms with E-state index < -0.39 is 5.57 Å². The normalized spacial score (nSPS) is 6.83. The first-order valence-electron chi connectivity index (χ1n) is 0.885. The molecule has 0 aromatic carbocycles. The Morgan fingerprint density at radius 1 is 1.00 bits per heavy atom. The van der Waals surface area contributed by atoms with E-state index in [1.54, 1.807) is 0 Å². The SMILES string of the molecule is BF.FN(F)F. The van der Waals surface area contributed by atoms with E-state index in [9.17, 15) is 17.8 Å². The maximum Gasteiger partial charge on any atom is 0.314 e. The Balaban J connectivity index is 0. The van der Waals surface area contributed by atoms with Crippen LogP contribution in [0.1, 0.15) is 0 Å². The van der Waals surface area contributed by atoms with Crippen LogP contribution < -0.4 is 0 Å². The molecule has 0 fully saturated rings. The average molecular weight is 103 g/mol. The van der Waals surface area contributed by atoms with E-state index in [0.29, 0.717) is 8.12 Å². The van der Waals surface area contributed by atoms with Crippen molar-refractivity contribution in [2.45, 2.75) is 0 Å². The molecule has 6 heavy (non-hydrogen) atoms. The van der Waals surface area contributed by atoms with Crippen LogP contribution in [-0.4, -0.2) is 13.7 Å². The Kier molecular flexibility index (Phi) is 13.6. The van der Waals surface area contributed by atoms with E-state index >= 15 is 0 Å². The average Bonchev–Trinajstić information content (AvgIpc) is 1.41. The number of nitrogens with zero attached hydrogens (tertiary/aromatic N) is 1. The first-order chi connectivity index (χ1) is 2.73. The molecule has 0 aromatic heterocycles. The van der Waals surface area contributed by atoms with Gasteiger partial charge in [0, 0.05) is 0 Å². The summed E-state index contributed by atoms with van der Waals surface area (Å²) < 4.78 is 38.0. The maximum atomic E-state index is 9.50. The van der Waals surface area contributed by atoms with Gasteiger partial charge in [0.15, 0.2) is 5.57 Å². The van der Waals surface area contributed by atoms with Gasteiger partial charge >= 0.3 is 8.12 Å². The Labute approximate surface area is 32.8 Å². The van der Waals surface area contributed by atoms with Gasteiger partial charge in [-0.2, -0.15) is 0 Å². The smallest absolute Gasteiger partial charge is 0.314 e. The summed E-state index contributed by atoms with van der Waals surface area (Å²) in [5.41, 5.74) is -2.50. The standard InChI is InChI=1S/BFH2.F3N/c1-2;1-4(2)3/h1H2;. The molecular formula is H2BF4N. The van der Waals surface area contributed by atoms with Crippen LogP contribution in [0.2, 0.25) is 0 Å². The van der Waals surface area contributed by atoms with Crippen molar-refractivity contribution in [1.29, 1.82) is 0 Å². The highest BCUT2D eigenvalue weighted by molar-refractivity contribution is 5.96. The molecule has 38 valence electrons. The summed E-state index contributed by atoms with van der Waals surface area (Å²) in [7, 11) is 0.500. The highest BCUT2D eigenvalue weighted by atomic mass is 19.5. The van der Waals surface area contributed by atoms with E-state index in [2.05, 4.69) is 0 Å². The number of hydrogen-bond donors (Lipinski definition) is 0. The molecule has 0 aliphatic heterocycles. The van der Waals surface area contributed by atoms with Crippen molar-refractivity contribution < 1.29 is 17.8 Å². The van der Waals surface area contributed by atoms with E-state index in [4.69, 9.17) is 0 Å². The zero-order valence-corrected chi connectivity index (χ0v) is 2.96. The second-order valence-corrected chi connectivity index (χ2v) is 0.192. The number of halogens is 4. The third-order valence-electron chi connectivity index (χ3n) is 0. The maximum absolute atomic E-state index is 9.50. The van der Waals surface area contributed by atoms with Crippen LogP contribution in [0.25, 0.3) is 0 Å². The minimum absolute atomic E-state index is 0.500. The van der Waals surface area contributed by atoms with Crippen molar-refractivity contribution >= 4 is 8.12 Å². The summed E-state index contributed by atoms with van der Waals surface area (Å²) in [5.74, 6) is 0. The molecule has 0 saturated heterocycles. The predicted octanol–water partition coefficient (Wildman–Crippen LogP) is 0.446. The van der Waals surface area contributed by atoms with Crippen LogP contribution in [0.4, 0.5) is 17.8 Å². The monoisotopic (exact) mass is 103 g/mol. The van der Waals surface area contributed by atoms with Gasteiger partial charge in [0.05, 0.1) is 0 Å². The van der Waals surface area contributed by atoms with Crippen molar-refractivity contribution in [3.05, 3.63) is 0 Å². The van der Waals surface area contributed by atoms with Gasteiger partial charge in [-0.15, -0.1) is 0 Å². The van der Waals surface area contributed by atoms with Gasteiger partial charge in [0.1, 0.15) is 0 Å².